The molecule has 0 spiro atoms. The molecule has 0 N–H and O–H groups in total. The van der Waals surface area contributed by atoms with Crippen LogP contribution in [0, 0.1) is 0 Å². The molecule has 0 saturated heterocycles. The van der Waals surface area contributed by atoms with Crippen LogP contribution in [0.5, 0.6) is 0 Å². The van der Waals surface area contributed by atoms with E-state index in [9.17, 15) is 4.79 Å². The Morgan fingerprint density at radius 1 is 1.09 bits per heavy atom. The number of esters is 1. The number of aryl methyl sites for hydroxylation is 1. The summed E-state index contributed by atoms with van der Waals surface area (Å²) < 4.78 is 12.7. The molecule has 0 aliphatic carbocycles. The van der Waals surface area contributed by atoms with Gasteiger partial charge >= 0.3 is 5.97 Å². The predicted molar refractivity (Wildman–Crippen MR) is 130 cm³/mol. The van der Waals surface area contributed by atoms with Gasteiger partial charge in [0.1, 0.15) is 0 Å². The summed E-state index contributed by atoms with van der Waals surface area (Å²) >= 11 is 0. The van der Waals surface area contributed by atoms with Crippen molar-refractivity contribution in [2.75, 3.05) is 13.7 Å². The summed E-state index contributed by atoms with van der Waals surface area (Å²) in [6.07, 6.45) is 5.61. The van der Waals surface area contributed by atoms with Crippen molar-refractivity contribution in [2.24, 2.45) is 0 Å². The summed E-state index contributed by atoms with van der Waals surface area (Å²) in [5.41, 5.74) is 7.67. The van der Waals surface area contributed by atoms with Crippen molar-refractivity contribution in [3.05, 3.63) is 65.6 Å². The number of hydrogen-bond acceptors (Lipinski definition) is 5. The first-order valence-electron chi connectivity index (χ1n) is 11.7. The molecule has 4 rings (SSSR count). The average Bonchev–Trinajstić information content (AvgIpc) is 3.24. The number of carbonyl (C=O) groups excluding carboxylic acids is 1. The maximum atomic E-state index is 11.8. The molecule has 0 radical (unpaired) electrons. The van der Waals surface area contributed by atoms with Gasteiger partial charge in [0.2, 0.25) is 0 Å². The zero-order valence-electron chi connectivity index (χ0n) is 19.6. The average molecular weight is 446 g/mol. The lowest BCUT2D eigenvalue weighted by Gasteiger charge is -2.18. The summed E-state index contributed by atoms with van der Waals surface area (Å²) in [6, 6.07) is 14.8. The minimum absolute atomic E-state index is 0.135. The second kappa shape index (κ2) is 10.6. The molecular weight excluding hydrogens is 414 g/mol. The highest BCUT2D eigenvalue weighted by Crippen LogP contribution is 2.34. The van der Waals surface area contributed by atoms with Gasteiger partial charge in [0.15, 0.2) is 0 Å². The maximum absolute atomic E-state index is 11.8. The number of methoxy groups -OCH3 is 1. The van der Waals surface area contributed by atoms with Gasteiger partial charge in [-0.2, -0.15) is 5.10 Å². The highest BCUT2D eigenvalue weighted by Gasteiger charge is 2.19. The maximum Gasteiger partial charge on any atom is 0.305 e. The number of benzene rings is 1. The SMILES string of the molecule is CCOC(=O)CCCCc1c(COC)nn2c(CC)ccc2c1-c1ccc2ncccc2c1. The number of unbranched alkanes of at least 4 members (excludes halogenated alkanes) is 1. The molecule has 6 heteroatoms. The third-order valence-electron chi connectivity index (χ3n) is 5.96. The van der Waals surface area contributed by atoms with E-state index in [1.54, 1.807) is 7.11 Å². The highest BCUT2D eigenvalue weighted by molar-refractivity contribution is 5.90. The first kappa shape index (κ1) is 22.9. The fraction of sp³-hybridized carbons (Fsp3) is 0.370. The summed E-state index contributed by atoms with van der Waals surface area (Å²) in [4.78, 5) is 16.3. The van der Waals surface area contributed by atoms with E-state index in [-0.39, 0.29) is 5.97 Å². The van der Waals surface area contributed by atoms with E-state index in [1.165, 1.54) is 16.8 Å². The van der Waals surface area contributed by atoms with Crippen LogP contribution in [0.2, 0.25) is 0 Å². The van der Waals surface area contributed by atoms with E-state index in [0.29, 0.717) is 19.6 Å². The van der Waals surface area contributed by atoms with E-state index >= 15 is 0 Å². The molecule has 3 aromatic heterocycles. The Kier molecular flexibility index (Phi) is 7.35. The number of pyridine rings is 1. The van der Waals surface area contributed by atoms with Crippen LogP contribution in [0.4, 0.5) is 0 Å². The second-order valence-electron chi connectivity index (χ2n) is 8.13. The molecule has 0 amide bonds. The molecule has 3 heterocycles. The van der Waals surface area contributed by atoms with Gasteiger partial charge in [0.05, 0.1) is 29.9 Å². The topological polar surface area (TPSA) is 65.7 Å². The van der Waals surface area contributed by atoms with Gasteiger partial charge in [0, 0.05) is 36.4 Å². The molecule has 6 nitrogen and oxygen atoms in total. The van der Waals surface area contributed by atoms with E-state index in [0.717, 1.165) is 53.4 Å². The van der Waals surface area contributed by atoms with E-state index < -0.39 is 0 Å². The molecule has 172 valence electrons. The minimum atomic E-state index is -0.135. The van der Waals surface area contributed by atoms with Crippen LogP contribution in [0.1, 0.15) is 50.1 Å². The molecule has 0 atom stereocenters. The Bertz CT molecular complexity index is 1260. The second-order valence-corrected chi connectivity index (χ2v) is 8.13. The van der Waals surface area contributed by atoms with Crippen LogP contribution in [-0.2, 0) is 33.7 Å². The first-order valence-corrected chi connectivity index (χ1v) is 11.7. The van der Waals surface area contributed by atoms with Crippen molar-refractivity contribution in [1.29, 1.82) is 0 Å². The van der Waals surface area contributed by atoms with Gasteiger partial charge in [-0.15, -0.1) is 0 Å². The Hall–Kier alpha value is -3.25. The fourth-order valence-corrected chi connectivity index (χ4v) is 4.41. The molecular formula is C27H31N3O3. The van der Waals surface area contributed by atoms with Gasteiger partial charge in [-0.1, -0.05) is 19.1 Å². The molecule has 0 bridgehead atoms. The monoisotopic (exact) mass is 445 g/mol. The first-order chi connectivity index (χ1) is 16.2. The van der Waals surface area contributed by atoms with Crippen LogP contribution in [-0.4, -0.2) is 34.3 Å². The van der Waals surface area contributed by atoms with Crippen LogP contribution >= 0.6 is 0 Å². The number of hydrogen-bond donors (Lipinski definition) is 0. The number of aromatic nitrogens is 3. The van der Waals surface area contributed by atoms with Crippen LogP contribution in [0.25, 0.3) is 27.5 Å². The lowest BCUT2D eigenvalue weighted by molar-refractivity contribution is -0.143. The zero-order chi connectivity index (χ0) is 23.2. The summed E-state index contributed by atoms with van der Waals surface area (Å²) in [7, 11) is 1.70. The van der Waals surface area contributed by atoms with Crippen molar-refractivity contribution in [3.8, 4) is 11.1 Å². The van der Waals surface area contributed by atoms with Gasteiger partial charge in [-0.25, -0.2) is 4.52 Å². The van der Waals surface area contributed by atoms with Crippen LogP contribution < -0.4 is 0 Å². The molecule has 0 unspecified atom stereocenters. The van der Waals surface area contributed by atoms with Crippen LogP contribution in [0.15, 0.2) is 48.7 Å². The minimum Gasteiger partial charge on any atom is -0.466 e. The Balaban J connectivity index is 1.80. The van der Waals surface area contributed by atoms with E-state index in [2.05, 4.69) is 52.8 Å². The molecule has 0 aliphatic rings. The largest absolute Gasteiger partial charge is 0.466 e. The number of fused-ring (bicyclic) bond motifs is 2. The van der Waals surface area contributed by atoms with Gasteiger partial charge in [-0.05, 0) is 74.1 Å². The van der Waals surface area contributed by atoms with E-state index in [1.807, 2.05) is 19.2 Å². The fourth-order valence-electron chi connectivity index (χ4n) is 4.41. The van der Waals surface area contributed by atoms with Gasteiger partial charge in [0.25, 0.3) is 0 Å². The Labute approximate surface area is 194 Å². The van der Waals surface area contributed by atoms with E-state index in [4.69, 9.17) is 14.6 Å². The standard InChI is InChI=1S/C27H31N3O3/c1-4-21-13-15-25-27(20-12-14-23-19(17-20)9-8-16-28-23)22(24(18-32-3)29-30(21)25)10-6-7-11-26(31)33-5-2/h8-9,12-17H,4-7,10-11,18H2,1-3H3. The molecule has 0 fully saturated rings. The van der Waals surface area contributed by atoms with Gasteiger partial charge in [-0.3, -0.25) is 9.78 Å². The number of nitrogens with zero attached hydrogens (tertiary/aromatic N) is 3. The summed E-state index contributed by atoms with van der Waals surface area (Å²) in [5, 5.41) is 6.08. The quantitative estimate of drug-likeness (QED) is 0.237. The lowest BCUT2D eigenvalue weighted by Crippen LogP contribution is -2.10. The normalized spacial score (nSPS) is 11.4. The predicted octanol–water partition coefficient (Wildman–Crippen LogP) is 5.53. The van der Waals surface area contributed by atoms with Crippen molar-refractivity contribution < 1.29 is 14.3 Å². The van der Waals surface area contributed by atoms with Crippen molar-refractivity contribution in [1.82, 2.24) is 14.6 Å². The third kappa shape index (κ3) is 4.91. The number of rotatable bonds is 10. The van der Waals surface area contributed by atoms with Crippen molar-refractivity contribution >= 4 is 22.4 Å². The number of ether oxygens (including phenoxy) is 2. The van der Waals surface area contributed by atoms with Gasteiger partial charge < -0.3 is 9.47 Å². The Morgan fingerprint density at radius 2 is 1.97 bits per heavy atom. The molecule has 4 aromatic rings. The highest BCUT2D eigenvalue weighted by atomic mass is 16.5. The smallest absolute Gasteiger partial charge is 0.305 e. The molecule has 33 heavy (non-hydrogen) atoms. The molecule has 0 saturated carbocycles. The Morgan fingerprint density at radius 3 is 2.76 bits per heavy atom. The summed E-state index contributed by atoms with van der Waals surface area (Å²) in [6.45, 7) is 4.84. The number of carbonyl (C=O) groups is 1. The third-order valence-corrected chi connectivity index (χ3v) is 5.96. The van der Waals surface area contributed by atoms with Crippen molar-refractivity contribution in [2.45, 2.75) is 52.6 Å². The molecule has 0 aliphatic heterocycles. The lowest BCUT2D eigenvalue weighted by atomic mass is 9.93. The zero-order valence-corrected chi connectivity index (χ0v) is 19.6. The molecule has 1 aromatic carbocycles. The van der Waals surface area contributed by atoms with Crippen molar-refractivity contribution in [3.63, 3.8) is 0 Å². The summed E-state index contributed by atoms with van der Waals surface area (Å²) in [5.74, 6) is -0.135. The van der Waals surface area contributed by atoms with Crippen LogP contribution in [0.3, 0.4) is 0 Å².